The third kappa shape index (κ3) is 6.72. The van der Waals surface area contributed by atoms with E-state index in [2.05, 4.69) is 72.8 Å². The van der Waals surface area contributed by atoms with Crippen LogP contribution in [0.1, 0.15) is 79.0 Å². The van der Waals surface area contributed by atoms with Crippen LogP contribution in [-0.2, 0) is 20.4 Å². The molecule has 3 heteroatoms. The van der Waals surface area contributed by atoms with Crippen molar-refractivity contribution in [3.63, 3.8) is 0 Å². The van der Waals surface area contributed by atoms with Gasteiger partial charge >= 0.3 is 5.97 Å². The summed E-state index contributed by atoms with van der Waals surface area (Å²) in [6.45, 7) is 20.2. The van der Waals surface area contributed by atoms with Crippen LogP contribution < -0.4 is 4.74 Å². The molecular weight excluding hydrogens is 384 g/mol. The Bertz CT molecular complexity index is 942. The van der Waals surface area contributed by atoms with Gasteiger partial charge in [-0.25, -0.2) is 4.79 Å². The van der Waals surface area contributed by atoms with E-state index in [9.17, 15) is 4.79 Å². The highest BCUT2D eigenvalue weighted by molar-refractivity contribution is 5.83. The maximum Gasteiger partial charge on any atom is 0.330 e. The van der Waals surface area contributed by atoms with Gasteiger partial charge in [0.25, 0.3) is 0 Å². The van der Waals surface area contributed by atoms with Gasteiger partial charge < -0.3 is 9.47 Å². The Morgan fingerprint density at radius 2 is 1.77 bits per heavy atom. The average molecular weight is 423 g/mol. The Hall–Kier alpha value is -2.55. The SMILES string of the molecule is CCOC(=O)/C=C(C)/C=C/C=C(\C)C1=Cc2cc(C(C)(C)C)cc(C(C)(C)C)c2OC1. The summed E-state index contributed by atoms with van der Waals surface area (Å²) in [4.78, 5) is 11.5. The first-order valence-corrected chi connectivity index (χ1v) is 11.1. The van der Waals surface area contributed by atoms with Crippen LogP contribution in [0.15, 0.2) is 53.2 Å². The number of rotatable bonds is 5. The summed E-state index contributed by atoms with van der Waals surface area (Å²) in [6.07, 6.45) is 9.69. The highest BCUT2D eigenvalue weighted by Crippen LogP contribution is 2.41. The van der Waals surface area contributed by atoms with E-state index in [1.165, 1.54) is 17.2 Å². The summed E-state index contributed by atoms with van der Waals surface area (Å²) in [5, 5.41) is 0. The molecule has 0 saturated heterocycles. The molecule has 31 heavy (non-hydrogen) atoms. The second-order valence-corrected chi connectivity index (χ2v) is 10.2. The van der Waals surface area contributed by atoms with Gasteiger partial charge in [0.2, 0.25) is 0 Å². The van der Waals surface area contributed by atoms with Crippen molar-refractivity contribution < 1.29 is 14.3 Å². The van der Waals surface area contributed by atoms with E-state index in [4.69, 9.17) is 9.47 Å². The van der Waals surface area contributed by atoms with Crippen LogP contribution in [0.4, 0.5) is 0 Å². The van der Waals surface area contributed by atoms with E-state index in [1.807, 2.05) is 19.1 Å². The van der Waals surface area contributed by atoms with Crippen molar-refractivity contribution in [3.05, 3.63) is 69.8 Å². The standard InChI is InChI=1S/C28H38O3/c1-10-30-25(29)14-19(2)12-11-13-20(3)22-15-21-16-23(27(4,5)6)17-24(28(7,8)9)26(21)31-18-22/h11-17H,10,18H2,1-9H3/b12-11+,19-14+,20-13+. The molecule has 0 amide bonds. The summed E-state index contributed by atoms with van der Waals surface area (Å²) in [7, 11) is 0. The predicted molar refractivity (Wildman–Crippen MR) is 131 cm³/mol. The zero-order chi connectivity index (χ0) is 23.4. The third-order valence-electron chi connectivity index (χ3n) is 5.34. The number of allylic oxidation sites excluding steroid dienone is 4. The fourth-order valence-electron chi connectivity index (χ4n) is 3.39. The van der Waals surface area contributed by atoms with Crippen molar-refractivity contribution in [2.24, 2.45) is 0 Å². The maximum absolute atomic E-state index is 11.5. The van der Waals surface area contributed by atoms with Crippen molar-refractivity contribution in [1.82, 2.24) is 0 Å². The van der Waals surface area contributed by atoms with Gasteiger partial charge in [0.15, 0.2) is 0 Å². The van der Waals surface area contributed by atoms with E-state index >= 15 is 0 Å². The Morgan fingerprint density at radius 1 is 1.10 bits per heavy atom. The largest absolute Gasteiger partial charge is 0.488 e. The first-order valence-electron chi connectivity index (χ1n) is 11.1. The Balaban J connectivity index is 2.37. The number of hydrogen-bond acceptors (Lipinski definition) is 3. The molecule has 0 atom stereocenters. The summed E-state index contributed by atoms with van der Waals surface area (Å²) >= 11 is 0. The number of benzene rings is 1. The molecule has 1 aliphatic heterocycles. The lowest BCUT2D eigenvalue weighted by atomic mass is 9.78. The topological polar surface area (TPSA) is 35.5 Å². The second-order valence-electron chi connectivity index (χ2n) is 10.2. The normalized spacial score (nSPS) is 15.5. The van der Waals surface area contributed by atoms with Gasteiger partial charge in [-0.3, -0.25) is 0 Å². The van der Waals surface area contributed by atoms with Crippen LogP contribution in [0.5, 0.6) is 5.75 Å². The highest BCUT2D eigenvalue weighted by Gasteiger charge is 2.27. The fourth-order valence-corrected chi connectivity index (χ4v) is 3.39. The first-order chi connectivity index (χ1) is 14.3. The molecule has 2 rings (SSSR count). The Labute approximate surface area is 188 Å². The number of esters is 1. The monoisotopic (exact) mass is 422 g/mol. The van der Waals surface area contributed by atoms with Gasteiger partial charge in [-0.05, 0) is 66.0 Å². The lowest BCUT2D eigenvalue weighted by Crippen LogP contribution is -2.20. The first kappa shape index (κ1) is 24.7. The summed E-state index contributed by atoms with van der Waals surface area (Å²) in [5.74, 6) is 0.690. The molecule has 168 valence electrons. The van der Waals surface area contributed by atoms with Crippen LogP contribution >= 0.6 is 0 Å². The lowest BCUT2D eigenvalue weighted by molar-refractivity contribution is -0.137. The maximum atomic E-state index is 11.5. The van der Waals surface area contributed by atoms with Crippen LogP contribution in [0.2, 0.25) is 0 Å². The van der Waals surface area contributed by atoms with Crippen LogP contribution in [0.25, 0.3) is 6.08 Å². The van der Waals surface area contributed by atoms with Crippen LogP contribution in [0, 0.1) is 0 Å². The zero-order valence-electron chi connectivity index (χ0n) is 20.7. The number of carbonyl (C=O) groups is 1. The predicted octanol–water partition coefficient (Wildman–Crippen LogP) is 7.07. The van der Waals surface area contributed by atoms with Crippen molar-refractivity contribution in [1.29, 1.82) is 0 Å². The van der Waals surface area contributed by atoms with E-state index < -0.39 is 0 Å². The lowest BCUT2D eigenvalue weighted by Gasteiger charge is -2.31. The summed E-state index contributed by atoms with van der Waals surface area (Å²) in [5.41, 5.74) is 6.95. The molecule has 1 aliphatic rings. The third-order valence-corrected chi connectivity index (χ3v) is 5.34. The quantitative estimate of drug-likeness (QED) is 0.289. The van der Waals surface area contributed by atoms with Gasteiger partial charge in [0, 0.05) is 17.2 Å². The van der Waals surface area contributed by atoms with Crippen LogP contribution in [-0.4, -0.2) is 19.2 Å². The molecule has 1 aromatic carbocycles. The molecule has 1 aromatic rings. The molecule has 0 spiro atoms. The van der Waals surface area contributed by atoms with Crippen molar-refractivity contribution >= 4 is 12.0 Å². The van der Waals surface area contributed by atoms with E-state index in [0.717, 1.165) is 28.0 Å². The molecule has 3 nitrogen and oxygen atoms in total. The van der Waals surface area contributed by atoms with Gasteiger partial charge in [0.05, 0.1) is 6.61 Å². The van der Waals surface area contributed by atoms with Gasteiger partial charge in [-0.15, -0.1) is 0 Å². The van der Waals surface area contributed by atoms with E-state index in [0.29, 0.717) is 13.2 Å². The molecule has 0 fully saturated rings. The summed E-state index contributed by atoms with van der Waals surface area (Å²) < 4.78 is 11.2. The number of hydrogen-bond donors (Lipinski definition) is 0. The molecule has 0 aromatic heterocycles. The molecule has 0 bridgehead atoms. The van der Waals surface area contributed by atoms with Gasteiger partial charge in [0.1, 0.15) is 12.4 Å². The molecule has 1 heterocycles. The molecule has 0 unspecified atom stereocenters. The molecule has 0 saturated carbocycles. The van der Waals surface area contributed by atoms with Crippen molar-refractivity contribution in [3.8, 4) is 5.75 Å². The van der Waals surface area contributed by atoms with Crippen molar-refractivity contribution in [2.45, 2.75) is 73.1 Å². The Morgan fingerprint density at radius 3 is 2.35 bits per heavy atom. The smallest absolute Gasteiger partial charge is 0.330 e. The van der Waals surface area contributed by atoms with Gasteiger partial charge in [-0.2, -0.15) is 0 Å². The Kier molecular flexibility index (Phi) is 7.75. The minimum atomic E-state index is -0.311. The number of fused-ring (bicyclic) bond motifs is 1. The van der Waals surface area contributed by atoms with E-state index in [-0.39, 0.29) is 16.8 Å². The molecule has 0 aliphatic carbocycles. The van der Waals surface area contributed by atoms with Crippen molar-refractivity contribution in [2.75, 3.05) is 13.2 Å². The second kappa shape index (κ2) is 9.72. The highest BCUT2D eigenvalue weighted by atomic mass is 16.5. The molecular formula is C28H38O3. The minimum Gasteiger partial charge on any atom is -0.488 e. The van der Waals surface area contributed by atoms with Gasteiger partial charge in [-0.1, -0.05) is 65.8 Å². The van der Waals surface area contributed by atoms with E-state index in [1.54, 1.807) is 6.92 Å². The zero-order valence-corrected chi connectivity index (χ0v) is 20.7. The summed E-state index contributed by atoms with van der Waals surface area (Å²) in [6, 6.07) is 4.57. The fraction of sp³-hybridized carbons (Fsp3) is 0.464. The number of ether oxygens (including phenoxy) is 2. The van der Waals surface area contributed by atoms with Crippen LogP contribution in [0.3, 0.4) is 0 Å². The number of carbonyl (C=O) groups excluding carboxylic acids is 1. The minimum absolute atomic E-state index is 0.00704. The average Bonchev–Trinajstić information content (AvgIpc) is 2.65. The molecule has 0 N–H and O–H groups in total. The molecule has 0 radical (unpaired) electrons.